The summed E-state index contributed by atoms with van der Waals surface area (Å²) in [4.78, 5) is 6.73. The van der Waals surface area contributed by atoms with Crippen molar-refractivity contribution in [3.63, 3.8) is 0 Å². The van der Waals surface area contributed by atoms with Crippen LogP contribution in [0.3, 0.4) is 0 Å². The topological polar surface area (TPSA) is 28.2 Å². The molecule has 0 radical (unpaired) electrons. The van der Waals surface area contributed by atoms with Crippen LogP contribution in [0.25, 0.3) is 0 Å². The van der Waals surface area contributed by atoms with Gasteiger partial charge in [-0.05, 0) is 49.1 Å². The van der Waals surface area contributed by atoms with E-state index >= 15 is 0 Å². The minimum absolute atomic E-state index is 0.121. The first-order chi connectivity index (χ1) is 10.7. The molecule has 1 saturated heterocycles. The summed E-state index contributed by atoms with van der Waals surface area (Å²) in [5.74, 6) is 0.936. The third kappa shape index (κ3) is 3.63. The fraction of sp³-hybridized carbons (Fsp3) is 0.389. The largest absolute Gasteiger partial charge is 0.357 e. The van der Waals surface area contributed by atoms with E-state index in [2.05, 4.69) is 21.3 Å². The van der Waals surface area contributed by atoms with Crippen LogP contribution in [-0.2, 0) is 6.54 Å². The monoisotopic (exact) mass is 299 g/mol. The van der Waals surface area contributed by atoms with Gasteiger partial charge in [-0.15, -0.1) is 0 Å². The average Bonchev–Trinajstić information content (AvgIpc) is 2.57. The third-order valence-electron chi connectivity index (χ3n) is 4.30. The zero-order valence-electron chi connectivity index (χ0n) is 12.9. The van der Waals surface area contributed by atoms with Crippen molar-refractivity contribution in [3.05, 3.63) is 59.5 Å². The highest BCUT2D eigenvalue weighted by Gasteiger charge is 2.19. The van der Waals surface area contributed by atoms with E-state index in [4.69, 9.17) is 0 Å². The average molecular weight is 299 g/mol. The summed E-state index contributed by atoms with van der Waals surface area (Å²) in [6, 6.07) is 12.0. The Balaban J connectivity index is 1.49. The summed E-state index contributed by atoms with van der Waals surface area (Å²) in [7, 11) is 0. The Morgan fingerprint density at radius 3 is 2.73 bits per heavy atom. The lowest BCUT2D eigenvalue weighted by molar-refractivity contribution is 0.412. The zero-order chi connectivity index (χ0) is 15.4. The Kier molecular flexibility index (Phi) is 4.68. The molecule has 0 atom stereocenters. The van der Waals surface area contributed by atoms with E-state index in [0.717, 1.165) is 43.9 Å². The minimum Gasteiger partial charge on any atom is -0.357 e. The molecule has 3 rings (SSSR count). The van der Waals surface area contributed by atoms with E-state index < -0.39 is 0 Å². The molecule has 2 heterocycles. The van der Waals surface area contributed by atoms with Crippen molar-refractivity contribution in [1.29, 1.82) is 0 Å². The first kappa shape index (κ1) is 15.0. The predicted octanol–water partition coefficient (Wildman–Crippen LogP) is 3.29. The highest BCUT2D eigenvalue weighted by atomic mass is 19.1. The second-order valence-electron chi connectivity index (χ2n) is 5.91. The number of aromatic nitrogens is 1. The molecule has 4 heteroatoms. The van der Waals surface area contributed by atoms with E-state index in [0.29, 0.717) is 11.6 Å². The van der Waals surface area contributed by atoms with Gasteiger partial charge in [0, 0.05) is 31.9 Å². The SMILES string of the molecule is Cc1ccc(CNC2CCN(c3ccccn3)CC2)cc1F. The molecule has 1 aliphatic rings. The molecule has 22 heavy (non-hydrogen) atoms. The molecule has 1 aromatic heterocycles. The van der Waals surface area contributed by atoms with E-state index in [-0.39, 0.29) is 5.82 Å². The lowest BCUT2D eigenvalue weighted by Crippen LogP contribution is -2.42. The Morgan fingerprint density at radius 1 is 1.23 bits per heavy atom. The molecule has 0 spiro atoms. The van der Waals surface area contributed by atoms with Crippen LogP contribution in [-0.4, -0.2) is 24.1 Å². The quantitative estimate of drug-likeness (QED) is 0.939. The van der Waals surface area contributed by atoms with Crippen molar-refractivity contribution in [2.24, 2.45) is 0 Å². The van der Waals surface area contributed by atoms with Crippen LogP contribution in [0.2, 0.25) is 0 Å². The van der Waals surface area contributed by atoms with Crippen molar-refractivity contribution in [2.45, 2.75) is 32.4 Å². The number of benzene rings is 1. The van der Waals surface area contributed by atoms with Gasteiger partial charge in [-0.3, -0.25) is 0 Å². The van der Waals surface area contributed by atoms with Crippen molar-refractivity contribution in [1.82, 2.24) is 10.3 Å². The van der Waals surface area contributed by atoms with Gasteiger partial charge in [0.1, 0.15) is 11.6 Å². The smallest absolute Gasteiger partial charge is 0.128 e. The number of anilines is 1. The van der Waals surface area contributed by atoms with Crippen LogP contribution in [0.4, 0.5) is 10.2 Å². The predicted molar refractivity (Wildman–Crippen MR) is 87.4 cm³/mol. The van der Waals surface area contributed by atoms with Gasteiger partial charge in [-0.25, -0.2) is 9.37 Å². The zero-order valence-corrected chi connectivity index (χ0v) is 12.9. The molecule has 0 unspecified atom stereocenters. The number of nitrogens with one attached hydrogen (secondary N) is 1. The standard InChI is InChI=1S/C18H22FN3/c1-14-5-6-15(12-17(14)19)13-21-16-7-10-22(11-8-16)18-4-2-3-9-20-18/h2-6,9,12,16,21H,7-8,10-11,13H2,1H3. The Bertz CT molecular complexity index is 607. The second kappa shape index (κ2) is 6.88. The molecule has 0 aliphatic carbocycles. The maximum absolute atomic E-state index is 13.5. The lowest BCUT2D eigenvalue weighted by Gasteiger charge is -2.33. The number of hydrogen-bond donors (Lipinski definition) is 1. The van der Waals surface area contributed by atoms with E-state index in [1.165, 1.54) is 0 Å². The molecule has 3 nitrogen and oxygen atoms in total. The first-order valence-electron chi connectivity index (χ1n) is 7.87. The molecule has 0 amide bonds. The van der Waals surface area contributed by atoms with Crippen LogP contribution >= 0.6 is 0 Å². The molecule has 1 aromatic carbocycles. The van der Waals surface area contributed by atoms with E-state index in [1.807, 2.05) is 30.5 Å². The molecular formula is C18H22FN3. The van der Waals surface area contributed by atoms with Crippen LogP contribution in [0.15, 0.2) is 42.6 Å². The van der Waals surface area contributed by atoms with Gasteiger partial charge in [0.05, 0.1) is 0 Å². The number of rotatable bonds is 4. The van der Waals surface area contributed by atoms with Gasteiger partial charge in [-0.1, -0.05) is 18.2 Å². The maximum Gasteiger partial charge on any atom is 0.128 e. The fourth-order valence-electron chi connectivity index (χ4n) is 2.86. The molecule has 1 N–H and O–H groups in total. The minimum atomic E-state index is -0.121. The van der Waals surface area contributed by atoms with Crippen LogP contribution in [0.1, 0.15) is 24.0 Å². The van der Waals surface area contributed by atoms with E-state index in [9.17, 15) is 4.39 Å². The van der Waals surface area contributed by atoms with Gasteiger partial charge in [0.2, 0.25) is 0 Å². The number of pyridine rings is 1. The number of nitrogens with zero attached hydrogens (tertiary/aromatic N) is 2. The van der Waals surface area contributed by atoms with Crippen LogP contribution < -0.4 is 10.2 Å². The molecule has 0 bridgehead atoms. The summed E-state index contributed by atoms with van der Waals surface area (Å²) < 4.78 is 13.5. The van der Waals surface area contributed by atoms with Crippen molar-refractivity contribution < 1.29 is 4.39 Å². The van der Waals surface area contributed by atoms with Crippen molar-refractivity contribution in [2.75, 3.05) is 18.0 Å². The highest BCUT2D eigenvalue weighted by molar-refractivity contribution is 5.38. The third-order valence-corrected chi connectivity index (χ3v) is 4.30. The van der Waals surface area contributed by atoms with Gasteiger partial charge in [0.15, 0.2) is 0 Å². The van der Waals surface area contributed by atoms with E-state index in [1.54, 1.807) is 13.0 Å². The number of aryl methyl sites for hydroxylation is 1. The molecule has 0 saturated carbocycles. The van der Waals surface area contributed by atoms with Gasteiger partial charge >= 0.3 is 0 Å². The summed E-state index contributed by atoms with van der Waals surface area (Å²) in [6.45, 7) is 4.54. The fourth-order valence-corrected chi connectivity index (χ4v) is 2.86. The van der Waals surface area contributed by atoms with Gasteiger partial charge in [-0.2, -0.15) is 0 Å². The summed E-state index contributed by atoms with van der Waals surface area (Å²) >= 11 is 0. The van der Waals surface area contributed by atoms with Crippen LogP contribution in [0, 0.1) is 12.7 Å². The molecule has 116 valence electrons. The second-order valence-corrected chi connectivity index (χ2v) is 5.91. The lowest BCUT2D eigenvalue weighted by atomic mass is 10.0. The van der Waals surface area contributed by atoms with Crippen molar-refractivity contribution in [3.8, 4) is 0 Å². The molecule has 1 fully saturated rings. The first-order valence-corrected chi connectivity index (χ1v) is 7.87. The Hall–Kier alpha value is -1.94. The molecule has 2 aromatic rings. The summed E-state index contributed by atoms with van der Waals surface area (Å²) in [5, 5.41) is 3.54. The number of hydrogen-bond acceptors (Lipinski definition) is 3. The van der Waals surface area contributed by atoms with Crippen molar-refractivity contribution >= 4 is 5.82 Å². The maximum atomic E-state index is 13.5. The number of piperidine rings is 1. The van der Waals surface area contributed by atoms with Gasteiger partial charge < -0.3 is 10.2 Å². The molecule has 1 aliphatic heterocycles. The highest BCUT2D eigenvalue weighted by Crippen LogP contribution is 2.18. The summed E-state index contributed by atoms with van der Waals surface area (Å²) in [6.07, 6.45) is 4.02. The van der Waals surface area contributed by atoms with Gasteiger partial charge in [0.25, 0.3) is 0 Å². The normalized spacial score (nSPS) is 16.0. The van der Waals surface area contributed by atoms with Crippen LogP contribution in [0.5, 0.6) is 0 Å². The Morgan fingerprint density at radius 2 is 2.05 bits per heavy atom. The summed E-state index contributed by atoms with van der Waals surface area (Å²) in [5.41, 5.74) is 1.71. The number of halogens is 1. The molecular weight excluding hydrogens is 277 g/mol. The Labute approximate surface area is 131 Å².